The maximum absolute atomic E-state index is 11.1. The van der Waals surface area contributed by atoms with Crippen LogP contribution in [0.2, 0.25) is 5.02 Å². The fourth-order valence-electron chi connectivity index (χ4n) is 1.82. The van der Waals surface area contributed by atoms with Gasteiger partial charge in [0.1, 0.15) is 11.3 Å². The van der Waals surface area contributed by atoms with Gasteiger partial charge in [-0.2, -0.15) is 0 Å². The molecule has 2 aromatic carbocycles. The van der Waals surface area contributed by atoms with E-state index in [1.807, 2.05) is 18.2 Å². The zero-order chi connectivity index (χ0) is 13.1. The highest BCUT2D eigenvalue weighted by Crippen LogP contribution is 2.36. The van der Waals surface area contributed by atoms with Gasteiger partial charge >= 0.3 is 5.97 Å². The molecule has 2 aromatic rings. The van der Waals surface area contributed by atoms with Crippen LogP contribution in [0.3, 0.4) is 0 Å². The van der Waals surface area contributed by atoms with E-state index >= 15 is 0 Å². The quantitative estimate of drug-likeness (QED) is 0.917. The molecular weight excluding hydrogens is 252 g/mol. The Hall–Kier alpha value is -2.00. The summed E-state index contributed by atoms with van der Waals surface area (Å²) in [5.74, 6) is -0.709. The number of aromatic carboxylic acids is 1. The Bertz CT molecular complexity index is 593. The molecule has 92 valence electrons. The van der Waals surface area contributed by atoms with E-state index in [0.717, 1.165) is 5.56 Å². The lowest BCUT2D eigenvalue weighted by molar-refractivity contribution is 0.0693. The molecule has 1 N–H and O–H groups in total. The zero-order valence-electron chi connectivity index (χ0n) is 9.68. The first-order valence-electron chi connectivity index (χ1n) is 5.30. The summed E-state index contributed by atoms with van der Waals surface area (Å²) in [6.45, 7) is 0. The van der Waals surface area contributed by atoms with Crippen molar-refractivity contribution in [1.82, 2.24) is 0 Å². The fraction of sp³-hybridized carbons (Fsp3) is 0.0714. The number of para-hydroxylation sites is 1. The van der Waals surface area contributed by atoms with E-state index in [0.29, 0.717) is 16.3 Å². The fourth-order valence-corrected chi connectivity index (χ4v) is 2.05. The Morgan fingerprint density at radius 2 is 1.78 bits per heavy atom. The predicted octanol–water partition coefficient (Wildman–Crippen LogP) is 3.71. The SMILES string of the molecule is COc1c(C(=O)O)cccc1-c1ccccc1Cl. The molecule has 4 heteroatoms. The van der Waals surface area contributed by atoms with Crippen LogP contribution < -0.4 is 4.74 Å². The molecule has 0 aliphatic heterocycles. The Morgan fingerprint density at radius 3 is 2.39 bits per heavy atom. The van der Waals surface area contributed by atoms with Crippen molar-refractivity contribution in [3.63, 3.8) is 0 Å². The highest BCUT2D eigenvalue weighted by molar-refractivity contribution is 6.33. The molecular formula is C14H11ClO3. The highest BCUT2D eigenvalue weighted by atomic mass is 35.5. The Kier molecular flexibility index (Phi) is 3.53. The van der Waals surface area contributed by atoms with Gasteiger partial charge in [0, 0.05) is 16.1 Å². The summed E-state index contributed by atoms with van der Waals surface area (Å²) in [4.78, 5) is 11.1. The molecule has 0 bridgehead atoms. The summed E-state index contributed by atoms with van der Waals surface area (Å²) in [7, 11) is 1.45. The second-order valence-corrected chi connectivity index (χ2v) is 4.08. The number of rotatable bonds is 3. The maximum atomic E-state index is 11.1. The van der Waals surface area contributed by atoms with Crippen molar-refractivity contribution in [1.29, 1.82) is 0 Å². The van der Waals surface area contributed by atoms with Crippen LogP contribution in [0.1, 0.15) is 10.4 Å². The summed E-state index contributed by atoms with van der Waals surface area (Å²) < 4.78 is 5.21. The van der Waals surface area contributed by atoms with E-state index in [9.17, 15) is 4.79 Å². The third kappa shape index (κ3) is 2.17. The van der Waals surface area contributed by atoms with E-state index in [4.69, 9.17) is 21.4 Å². The summed E-state index contributed by atoms with van der Waals surface area (Å²) >= 11 is 6.12. The van der Waals surface area contributed by atoms with E-state index in [-0.39, 0.29) is 5.56 Å². The molecule has 0 radical (unpaired) electrons. The molecule has 0 amide bonds. The number of methoxy groups -OCH3 is 1. The average molecular weight is 263 g/mol. The van der Waals surface area contributed by atoms with Gasteiger partial charge in [0.25, 0.3) is 0 Å². The van der Waals surface area contributed by atoms with Gasteiger partial charge in [-0.3, -0.25) is 0 Å². The van der Waals surface area contributed by atoms with Crippen LogP contribution in [-0.2, 0) is 0 Å². The molecule has 0 fully saturated rings. The Morgan fingerprint density at radius 1 is 1.11 bits per heavy atom. The maximum Gasteiger partial charge on any atom is 0.339 e. The van der Waals surface area contributed by atoms with Gasteiger partial charge in [-0.05, 0) is 12.1 Å². The predicted molar refractivity (Wildman–Crippen MR) is 70.4 cm³/mol. The zero-order valence-corrected chi connectivity index (χ0v) is 10.4. The van der Waals surface area contributed by atoms with Crippen molar-refractivity contribution in [2.45, 2.75) is 0 Å². The van der Waals surface area contributed by atoms with Crippen LogP contribution in [0.4, 0.5) is 0 Å². The number of hydrogen-bond donors (Lipinski definition) is 1. The van der Waals surface area contributed by atoms with Crippen LogP contribution >= 0.6 is 11.6 Å². The number of carboxylic acids is 1. The average Bonchev–Trinajstić information content (AvgIpc) is 2.38. The lowest BCUT2D eigenvalue weighted by atomic mass is 10.0. The molecule has 0 spiro atoms. The van der Waals surface area contributed by atoms with Crippen LogP contribution in [0, 0.1) is 0 Å². The minimum absolute atomic E-state index is 0.120. The highest BCUT2D eigenvalue weighted by Gasteiger charge is 2.16. The van der Waals surface area contributed by atoms with Crippen molar-refractivity contribution in [2.75, 3.05) is 7.11 Å². The largest absolute Gasteiger partial charge is 0.495 e. The van der Waals surface area contributed by atoms with E-state index < -0.39 is 5.97 Å². The van der Waals surface area contributed by atoms with Crippen molar-refractivity contribution in [2.24, 2.45) is 0 Å². The lowest BCUT2D eigenvalue weighted by Crippen LogP contribution is -2.01. The first-order chi connectivity index (χ1) is 8.65. The second kappa shape index (κ2) is 5.10. The summed E-state index contributed by atoms with van der Waals surface area (Å²) in [5.41, 5.74) is 1.54. The number of carboxylic acid groups (broad SMARTS) is 1. The molecule has 0 saturated heterocycles. The molecule has 2 rings (SSSR count). The van der Waals surface area contributed by atoms with Crippen LogP contribution in [-0.4, -0.2) is 18.2 Å². The number of carbonyl (C=O) groups is 1. The first-order valence-corrected chi connectivity index (χ1v) is 5.68. The lowest BCUT2D eigenvalue weighted by Gasteiger charge is -2.12. The number of benzene rings is 2. The van der Waals surface area contributed by atoms with Gasteiger partial charge in [0.15, 0.2) is 0 Å². The standard InChI is InChI=1S/C14H11ClO3/c1-18-13-10(6-4-7-11(13)14(16)17)9-5-2-3-8-12(9)15/h2-8H,1H3,(H,16,17). The Balaban J connectivity index is 2.69. The van der Waals surface area contributed by atoms with Crippen molar-refractivity contribution >= 4 is 17.6 Å². The van der Waals surface area contributed by atoms with Gasteiger partial charge < -0.3 is 9.84 Å². The van der Waals surface area contributed by atoms with Crippen LogP contribution in [0.5, 0.6) is 5.75 Å². The van der Waals surface area contributed by atoms with Crippen LogP contribution in [0.15, 0.2) is 42.5 Å². The molecule has 18 heavy (non-hydrogen) atoms. The molecule has 0 aliphatic rings. The van der Waals surface area contributed by atoms with Gasteiger partial charge in [0.05, 0.1) is 7.11 Å². The van der Waals surface area contributed by atoms with Gasteiger partial charge in [-0.25, -0.2) is 4.79 Å². The normalized spacial score (nSPS) is 10.1. The van der Waals surface area contributed by atoms with Crippen molar-refractivity contribution < 1.29 is 14.6 Å². The summed E-state index contributed by atoms with van der Waals surface area (Å²) in [6, 6.07) is 12.2. The number of ether oxygens (including phenoxy) is 1. The molecule has 0 aliphatic carbocycles. The Labute approximate surface area is 110 Å². The molecule has 3 nitrogen and oxygen atoms in total. The topological polar surface area (TPSA) is 46.5 Å². The van der Waals surface area contributed by atoms with E-state index in [1.165, 1.54) is 13.2 Å². The number of halogens is 1. The van der Waals surface area contributed by atoms with Crippen molar-refractivity contribution in [3.05, 3.63) is 53.1 Å². The van der Waals surface area contributed by atoms with Gasteiger partial charge in [0.2, 0.25) is 0 Å². The molecule has 0 heterocycles. The molecule has 0 unspecified atom stereocenters. The summed E-state index contributed by atoms with van der Waals surface area (Å²) in [5, 5.41) is 9.68. The minimum atomic E-state index is -1.03. The number of hydrogen-bond acceptors (Lipinski definition) is 2. The van der Waals surface area contributed by atoms with E-state index in [1.54, 1.807) is 18.2 Å². The van der Waals surface area contributed by atoms with E-state index in [2.05, 4.69) is 0 Å². The molecule has 0 atom stereocenters. The monoisotopic (exact) mass is 262 g/mol. The molecule has 0 saturated carbocycles. The second-order valence-electron chi connectivity index (χ2n) is 3.67. The van der Waals surface area contributed by atoms with Crippen molar-refractivity contribution in [3.8, 4) is 16.9 Å². The first kappa shape index (κ1) is 12.5. The van der Waals surface area contributed by atoms with Gasteiger partial charge in [-0.15, -0.1) is 0 Å². The smallest absolute Gasteiger partial charge is 0.339 e. The third-order valence-corrected chi connectivity index (χ3v) is 2.94. The molecule has 0 aromatic heterocycles. The summed E-state index contributed by atoms with van der Waals surface area (Å²) in [6.07, 6.45) is 0. The minimum Gasteiger partial charge on any atom is -0.495 e. The third-order valence-electron chi connectivity index (χ3n) is 2.61. The van der Waals surface area contributed by atoms with Gasteiger partial charge in [-0.1, -0.05) is 41.9 Å². The van der Waals surface area contributed by atoms with Crippen LogP contribution in [0.25, 0.3) is 11.1 Å².